The Morgan fingerprint density at radius 2 is 1.79 bits per heavy atom. The lowest BCUT2D eigenvalue weighted by Gasteiger charge is -2.25. The van der Waals surface area contributed by atoms with Crippen molar-refractivity contribution in [3.05, 3.63) is 89.2 Å². The lowest BCUT2D eigenvalue weighted by molar-refractivity contribution is 0.0825. The maximum Gasteiger partial charge on any atom is 0.192 e. The van der Waals surface area contributed by atoms with Crippen LogP contribution in [0.1, 0.15) is 33.4 Å². The molecule has 1 atom stereocenters. The van der Waals surface area contributed by atoms with Gasteiger partial charge >= 0.3 is 0 Å². The summed E-state index contributed by atoms with van der Waals surface area (Å²) in [5.41, 5.74) is 5.70. The van der Waals surface area contributed by atoms with Crippen molar-refractivity contribution < 1.29 is 14.3 Å². The molecule has 164 valence electrons. The number of hydrogen-bond donors (Lipinski definition) is 0. The highest BCUT2D eigenvalue weighted by Crippen LogP contribution is 2.38. The number of Topliss-reactive ketones (excluding diaryl/α,β-unsaturated/α-hetero) is 1. The highest BCUT2D eigenvalue weighted by molar-refractivity contribution is 7.99. The van der Waals surface area contributed by atoms with Gasteiger partial charge in [-0.25, -0.2) is 0 Å². The third kappa shape index (κ3) is 3.58. The lowest BCUT2D eigenvalue weighted by Crippen LogP contribution is -2.24. The van der Waals surface area contributed by atoms with Crippen molar-refractivity contribution in [2.45, 2.75) is 17.7 Å². The first-order valence-corrected chi connectivity index (χ1v) is 11.8. The van der Waals surface area contributed by atoms with Crippen LogP contribution in [0.25, 0.3) is 11.1 Å². The van der Waals surface area contributed by atoms with Crippen molar-refractivity contribution in [1.29, 1.82) is 0 Å². The number of benzene rings is 3. The molecule has 4 aromatic rings. The maximum absolute atomic E-state index is 13.0. The van der Waals surface area contributed by atoms with E-state index in [-0.39, 0.29) is 17.6 Å². The molecule has 6 rings (SSSR count). The molecule has 0 spiro atoms. The Morgan fingerprint density at radius 1 is 1.00 bits per heavy atom. The fourth-order valence-electron chi connectivity index (χ4n) is 4.39. The SMILES string of the molecule is Cn1c(SCC(=O)c2ccc3c(c2)-c2ccccc2C3)nnc1C1COc2ccccc2O1. The first-order valence-electron chi connectivity index (χ1n) is 10.8. The Morgan fingerprint density at radius 3 is 2.70 bits per heavy atom. The largest absolute Gasteiger partial charge is 0.485 e. The summed E-state index contributed by atoms with van der Waals surface area (Å²) in [5, 5.41) is 9.27. The predicted octanol–water partition coefficient (Wildman–Crippen LogP) is 4.87. The molecular weight excluding hydrogens is 434 g/mol. The number of carbonyl (C=O) groups is 1. The Bertz CT molecular complexity index is 1380. The molecule has 6 nitrogen and oxygen atoms in total. The van der Waals surface area contributed by atoms with Gasteiger partial charge in [-0.2, -0.15) is 0 Å². The summed E-state index contributed by atoms with van der Waals surface area (Å²) in [7, 11) is 1.89. The van der Waals surface area contributed by atoms with Crippen molar-refractivity contribution in [3.8, 4) is 22.6 Å². The summed E-state index contributed by atoms with van der Waals surface area (Å²) < 4.78 is 13.7. The number of para-hydroxylation sites is 2. The molecule has 0 amide bonds. The second-order valence-electron chi connectivity index (χ2n) is 8.18. The first kappa shape index (κ1) is 20.1. The maximum atomic E-state index is 13.0. The van der Waals surface area contributed by atoms with Crippen LogP contribution in [0.5, 0.6) is 11.5 Å². The quantitative estimate of drug-likeness (QED) is 0.278. The second-order valence-corrected chi connectivity index (χ2v) is 9.12. The van der Waals surface area contributed by atoms with E-state index < -0.39 is 0 Å². The number of carbonyl (C=O) groups excluding carboxylic acids is 1. The Balaban J connectivity index is 1.16. The van der Waals surface area contributed by atoms with Gasteiger partial charge in [0.05, 0.1) is 5.75 Å². The minimum Gasteiger partial charge on any atom is -0.485 e. The van der Waals surface area contributed by atoms with Crippen LogP contribution in [-0.4, -0.2) is 32.9 Å². The molecule has 2 aliphatic rings. The van der Waals surface area contributed by atoms with Crippen molar-refractivity contribution in [2.24, 2.45) is 7.05 Å². The van der Waals surface area contributed by atoms with Crippen molar-refractivity contribution in [2.75, 3.05) is 12.4 Å². The minimum absolute atomic E-state index is 0.0721. The third-order valence-corrected chi connectivity index (χ3v) is 7.14. The van der Waals surface area contributed by atoms with Gasteiger partial charge in [0.15, 0.2) is 34.4 Å². The highest BCUT2D eigenvalue weighted by Gasteiger charge is 2.28. The molecule has 0 bridgehead atoms. The van der Waals surface area contributed by atoms with E-state index in [9.17, 15) is 4.79 Å². The topological polar surface area (TPSA) is 66.2 Å². The number of aromatic nitrogens is 3. The van der Waals surface area contributed by atoms with E-state index in [4.69, 9.17) is 9.47 Å². The molecule has 1 aliphatic heterocycles. The number of ketones is 1. The smallest absolute Gasteiger partial charge is 0.192 e. The van der Waals surface area contributed by atoms with Gasteiger partial charge in [0.2, 0.25) is 0 Å². The average molecular weight is 456 g/mol. The monoisotopic (exact) mass is 455 g/mol. The van der Waals surface area contributed by atoms with Gasteiger partial charge in [-0.1, -0.05) is 60.3 Å². The van der Waals surface area contributed by atoms with Crippen LogP contribution in [0.2, 0.25) is 0 Å². The molecule has 0 saturated carbocycles. The van der Waals surface area contributed by atoms with Crippen LogP contribution >= 0.6 is 11.8 Å². The van der Waals surface area contributed by atoms with E-state index in [1.807, 2.05) is 54.1 Å². The van der Waals surface area contributed by atoms with Crippen LogP contribution in [0, 0.1) is 0 Å². The van der Waals surface area contributed by atoms with Gasteiger partial charge in [-0.3, -0.25) is 4.79 Å². The van der Waals surface area contributed by atoms with Gasteiger partial charge in [0, 0.05) is 12.6 Å². The molecule has 1 aliphatic carbocycles. The van der Waals surface area contributed by atoms with Crippen LogP contribution < -0.4 is 9.47 Å². The molecule has 0 radical (unpaired) electrons. The number of nitrogens with zero attached hydrogens (tertiary/aromatic N) is 3. The number of rotatable bonds is 5. The fraction of sp³-hybridized carbons (Fsp3) is 0.192. The van der Waals surface area contributed by atoms with E-state index in [0.717, 1.165) is 23.3 Å². The van der Waals surface area contributed by atoms with E-state index in [1.165, 1.54) is 28.5 Å². The summed E-state index contributed by atoms with van der Waals surface area (Å²) >= 11 is 1.38. The lowest BCUT2D eigenvalue weighted by atomic mass is 10.0. The van der Waals surface area contributed by atoms with Crippen molar-refractivity contribution in [3.63, 3.8) is 0 Å². The summed E-state index contributed by atoms with van der Waals surface area (Å²) in [4.78, 5) is 13.0. The third-order valence-electron chi connectivity index (χ3n) is 6.12. The molecule has 33 heavy (non-hydrogen) atoms. The fourth-order valence-corrected chi connectivity index (χ4v) is 5.20. The van der Waals surface area contributed by atoms with Gasteiger partial charge in [-0.05, 0) is 46.9 Å². The van der Waals surface area contributed by atoms with Crippen LogP contribution in [0.15, 0.2) is 71.9 Å². The zero-order valence-electron chi connectivity index (χ0n) is 18.0. The summed E-state index contributed by atoms with van der Waals surface area (Å²) in [6, 6.07) is 22.0. The number of hydrogen-bond acceptors (Lipinski definition) is 6. The average Bonchev–Trinajstić information content (AvgIpc) is 3.41. The zero-order chi connectivity index (χ0) is 22.4. The van der Waals surface area contributed by atoms with Crippen molar-refractivity contribution in [1.82, 2.24) is 14.8 Å². The van der Waals surface area contributed by atoms with Crippen molar-refractivity contribution >= 4 is 17.5 Å². The molecule has 0 saturated heterocycles. The molecule has 0 fully saturated rings. The molecular formula is C26H21N3O3S. The van der Waals surface area contributed by atoms with Gasteiger partial charge in [0.25, 0.3) is 0 Å². The Hall–Kier alpha value is -3.58. The van der Waals surface area contributed by atoms with E-state index in [0.29, 0.717) is 23.3 Å². The van der Waals surface area contributed by atoms with Gasteiger partial charge in [0.1, 0.15) is 6.61 Å². The van der Waals surface area contributed by atoms with E-state index in [1.54, 1.807) is 0 Å². The normalized spacial score (nSPS) is 15.7. The molecule has 2 heterocycles. The predicted molar refractivity (Wildman–Crippen MR) is 126 cm³/mol. The summed E-state index contributed by atoms with van der Waals surface area (Å²) in [5.74, 6) is 2.46. The standard InChI is InChI=1S/C26H21N3O3S/c1-29-25(24-14-31-22-8-4-5-9-23(22)32-24)27-28-26(29)33-15-21(30)18-11-10-17-12-16-6-2-3-7-19(16)20(17)13-18/h2-11,13,24H,12,14-15H2,1H3. The number of fused-ring (bicyclic) bond motifs is 4. The number of ether oxygens (including phenoxy) is 2. The molecule has 1 aromatic heterocycles. The minimum atomic E-state index is -0.348. The van der Waals surface area contributed by atoms with Crippen LogP contribution in [-0.2, 0) is 13.5 Å². The zero-order valence-corrected chi connectivity index (χ0v) is 18.8. The molecule has 7 heteroatoms. The van der Waals surface area contributed by atoms with Gasteiger partial charge < -0.3 is 14.0 Å². The Kier molecular flexibility index (Phi) is 4.91. The Labute approximate surface area is 195 Å². The molecule has 1 unspecified atom stereocenters. The summed E-state index contributed by atoms with van der Waals surface area (Å²) in [6.07, 6.45) is 0.577. The van der Waals surface area contributed by atoms with E-state index in [2.05, 4.69) is 34.5 Å². The van der Waals surface area contributed by atoms with E-state index >= 15 is 0 Å². The van der Waals surface area contributed by atoms with Crippen LogP contribution in [0.4, 0.5) is 0 Å². The van der Waals surface area contributed by atoms with Gasteiger partial charge in [-0.15, -0.1) is 10.2 Å². The number of thioether (sulfide) groups is 1. The first-order chi connectivity index (χ1) is 16.2. The molecule has 3 aromatic carbocycles. The molecule has 0 N–H and O–H groups in total. The van der Waals surface area contributed by atoms with Crippen LogP contribution in [0.3, 0.4) is 0 Å². The second kappa shape index (κ2) is 8.08. The highest BCUT2D eigenvalue weighted by atomic mass is 32.2. The summed E-state index contributed by atoms with van der Waals surface area (Å²) in [6.45, 7) is 0.364.